The maximum absolute atomic E-state index is 4.41. The van der Waals surface area contributed by atoms with E-state index in [-0.39, 0.29) is 0 Å². The maximum Gasteiger partial charge on any atom is 0.0948 e. The second-order valence-corrected chi connectivity index (χ2v) is 7.11. The molecule has 1 aliphatic rings. The van der Waals surface area contributed by atoms with E-state index in [1.165, 1.54) is 50.8 Å². The van der Waals surface area contributed by atoms with Crippen molar-refractivity contribution >= 4 is 0 Å². The lowest BCUT2D eigenvalue weighted by Crippen LogP contribution is -2.30. The molecule has 1 aliphatic heterocycles. The summed E-state index contributed by atoms with van der Waals surface area (Å²) in [6.07, 6.45) is 12.0. The van der Waals surface area contributed by atoms with E-state index >= 15 is 0 Å². The van der Waals surface area contributed by atoms with Crippen LogP contribution >= 0.6 is 0 Å². The highest BCUT2D eigenvalue weighted by Crippen LogP contribution is 2.29. The zero-order valence-corrected chi connectivity index (χ0v) is 13.5. The van der Waals surface area contributed by atoms with Crippen molar-refractivity contribution < 1.29 is 0 Å². The Hall–Kier alpha value is -0.830. The first-order chi connectivity index (χ1) is 9.62. The quantitative estimate of drug-likeness (QED) is 0.765. The van der Waals surface area contributed by atoms with E-state index in [4.69, 9.17) is 0 Å². The lowest BCUT2D eigenvalue weighted by atomic mass is 9.86. The number of hydrogen-bond acceptors (Lipinski definition) is 2. The maximum atomic E-state index is 4.41. The predicted octanol–water partition coefficient (Wildman–Crippen LogP) is 3.96. The van der Waals surface area contributed by atoms with Crippen LogP contribution in [0.3, 0.4) is 0 Å². The molecule has 3 heteroatoms. The van der Waals surface area contributed by atoms with Gasteiger partial charge in [-0.05, 0) is 31.2 Å². The van der Waals surface area contributed by atoms with Gasteiger partial charge in [0.2, 0.25) is 0 Å². The summed E-state index contributed by atoms with van der Waals surface area (Å²) in [6, 6.07) is 0. The summed E-state index contributed by atoms with van der Waals surface area (Å²) < 4.78 is 2.41. The number of unbranched alkanes of at least 4 members (excludes halogenated alkanes) is 2. The van der Waals surface area contributed by atoms with Crippen LogP contribution in [0.15, 0.2) is 12.5 Å². The van der Waals surface area contributed by atoms with Crippen LogP contribution in [0.5, 0.6) is 0 Å². The van der Waals surface area contributed by atoms with Gasteiger partial charge in [-0.2, -0.15) is 0 Å². The molecule has 1 aromatic rings. The van der Waals surface area contributed by atoms with Gasteiger partial charge in [0.25, 0.3) is 0 Å². The Morgan fingerprint density at radius 1 is 1.40 bits per heavy atom. The summed E-state index contributed by atoms with van der Waals surface area (Å²) in [6.45, 7) is 10.5. The number of imidazole rings is 1. The highest BCUT2D eigenvalue weighted by atomic mass is 15.1. The monoisotopic (exact) mass is 277 g/mol. The Morgan fingerprint density at radius 3 is 2.95 bits per heavy atom. The molecular weight excluding hydrogens is 246 g/mol. The molecule has 1 fully saturated rings. The number of nitrogens with one attached hydrogen (secondary N) is 1. The average molecular weight is 277 g/mol. The Morgan fingerprint density at radius 2 is 2.25 bits per heavy atom. The smallest absolute Gasteiger partial charge is 0.0948 e. The third-order valence-electron chi connectivity index (χ3n) is 4.52. The summed E-state index contributed by atoms with van der Waals surface area (Å²) in [5.74, 6) is 0.651. The molecule has 0 radical (unpaired) electrons. The molecule has 0 saturated carbocycles. The molecule has 0 amide bonds. The number of aromatic nitrogens is 2. The van der Waals surface area contributed by atoms with Crippen LogP contribution in [0.4, 0.5) is 0 Å². The number of rotatable bonds is 7. The fourth-order valence-electron chi connectivity index (χ4n) is 3.30. The highest BCUT2D eigenvalue weighted by molar-refractivity contribution is 5.08. The second kappa shape index (κ2) is 7.26. The minimum absolute atomic E-state index is 0.368. The van der Waals surface area contributed by atoms with E-state index in [0.717, 1.165) is 13.1 Å². The van der Waals surface area contributed by atoms with E-state index in [1.54, 1.807) is 0 Å². The molecule has 1 unspecified atom stereocenters. The Balaban J connectivity index is 1.96. The van der Waals surface area contributed by atoms with Crippen LogP contribution < -0.4 is 5.32 Å². The van der Waals surface area contributed by atoms with Crippen LogP contribution in [-0.2, 0) is 6.54 Å². The molecule has 0 aliphatic carbocycles. The first-order valence-electron chi connectivity index (χ1n) is 8.33. The lowest BCUT2D eigenvalue weighted by Gasteiger charge is -2.29. The Bertz CT molecular complexity index is 389. The molecule has 2 heterocycles. The van der Waals surface area contributed by atoms with E-state index < -0.39 is 0 Å². The van der Waals surface area contributed by atoms with Gasteiger partial charge in [-0.15, -0.1) is 0 Å². The van der Waals surface area contributed by atoms with Crippen LogP contribution in [-0.4, -0.2) is 22.6 Å². The Kier molecular flexibility index (Phi) is 5.64. The van der Waals surface area contributed by atoms with Crippen molar-refractivity contribution in [3.05, 3.63) is 18.2 Å². The first kappa shape index (κ1) is 15.6. The van der Waals surface area contributed by atoms with Crippen molar-refractivity contribution in [3.8, 4) is 0 Å². The fourth-order valence-corrected chi connectivity index (χ4v) is 3.30. The third kappa shape index (κ3) is 4.34. The van der Waals surface area contributed by atoms with E-state index in [1.807, 2.05) is 6.33 Å². The molecule has 2 rings (SSSR count). The van der Waals surface area contributed by atoms with Gasteiger partial charge in [-0.3, -0.25) is 0 Å². The molecule has 1 N–H and O–H groups in total. The molecule has 0 aromatic carbocycles. The van der Waals surface area contributed by atoms with E-state index in [0.29, 0.717) is 11.3 Å². The van der Waals surface area contributed by atoms with Crippen LogP contribution in [0, 0.1) is 5.41 Å². The van der Waals surface area contributed by atoms with Crippen molar-refractivity contribution in [1.29, 1.82) is 0 Å². The van der Waals surface area contributed by atoms with E-state index in [9.17, 15) is 0 Å². The van der Waals surface area contributed by atoms with Gasteiger partial charge < -0.3 is 9.88 Å². The molecule has 3 nitrogen and oxygen atoms in total. The summed E-state index contributed by atoms with van der Waals surface area (Å²) in [5.41, 5.74) is 1.80. The molecular formula is C17H31N3. The van der Waals surface area contributed by atoms with Gasteiger partial charge >= 0.3 is 0 Å². The van der Waals surface area contributed by atoms with Crippen molar-refractivity contribution in [3.63, 3.8) is 0 Å². The summed E-state index contributed by atoms with van der Waals surface area (Å²) in [4.78, 5) is 4.41. The van der Waals surface area contributed by atoms with E-state index in [2.05, 4.69) is 41.8 Å². The zero-order chi connectivity index (χ0) is 14.4. The molecule has 20 heavy (non-hydrogen) atoms. The zero-order valence-electron chi connectivity index (χ0n) is 13.5. The van der Waals surface area contributed by atoms with Crippen LogP contribution in [0.1, 0.15) is 70.9 Å². The molecule has 114 valence electrons. The molecule has 0 bridgehead atoms. The van der Waals surface area contributed by atoms with Gasteiger partial charge in [-0.1, -0.05) is 40.0 Å². The standard InChI is InChI=1S/C17H31N3/c1-4-5-6-9-17(2,3)13-20-14-19-12-16(20)15-8-7-10-18-11-15/h12,14-15,18H,4-11,13H2,1-3H3. The highest BCUT2D eigenvalue weighted by Gasteiger charge is 2.23. The topological polar surface area (TPSA) is 29.9 Å². The molecule has 1 saturated heterocycles. The molecule has 1 aromatic heterocycles. The SMILES string of the molecule is CCCCCC(C)(C)Cn1cncc1C1CCCNC1. The number of hydrogen-bond donors (Lipinski definition) is 1. The minimum Gasteiger partial charge on any atom is -0.334 e. The summed E-state index contributed by atoms with van der Waals surface area (Å²) in [5, 5.41) is 3.51. The number of nitrogens with zero attached hydrogens (tertiary/aromatic N) is 2. The Labute approximate surface area is 124 Å². The van der Waals surface area contributed by atoms with Gasteiger partial charge in [0.05, 0.1) is 6.33 Å². The van der Waals surface area contributed by atoms with Gasteiger partial charge in [0, 0.05) is 30.9 Å². The first-order valence-corrected chi connectivity index (χ1v) is 8.33. The van der Waals surface area contributed by atoms with Gasteiger partial charge in [0.1, 0.15) is 0 Å². The van der Waals surface area contributed by atoms with Crippen molar-refractivity contribution in [2.45, 2.75) is 71.8 Å². The largest absolute Gasteiger partial charge is 0.334 e. The normalized spacial score (nSPS) is 20.2. The fraction of sp³-hybridized carbons (Fsp3) is 0.824. The van der Waals surface area contributed by atoms with Crippen molar-refractivity contribution in [1.82, 2.24) is 14.9 Å². The molecule has 0 spiro atoms. The van der Waals surface area contributed by atoms with Crippen LogP contribution in [0.2, 0.25) is 0 Å². The minimum atomic E-state index is 0.368. The van der Waals surface area contributed by atoms with Crippen molar-refractivity contribution in [2.75, 3.05) is 13.1 Å². The van der Waals surface area contributed by atoms with Crippen LogP contribution in [0.25, 0.3) is 0 Å². The summed E-state index contributed by atoms with van der Waals surface area (Å²) >= 11 is 0. The predicted molar refractivity (Wildman–Crippen MR) is 85.0 cm³/mol. The van der Waals surface area contributed by atoms with Gasteiger partial charge in [-0.25, -0.2) is 4.98 Å². The van der Waals surface area contributed by atoms with Crippen molar-refractivity contribution in [2.24, 2.45) is 5.41 Å². The molecule has 1 atom stereocenters. The lowest BCUT2D eigenvalue weighted by molar-refractivity contribution is 0.264. The average Bonchev–Trinajstić information content (AvgIpc) is 2.87. The second-order valence-electron chi connectivity index (χ2n) is 7.11. The number of piperidine rings is 1. The third-order valence-corrected chi connectivity index (χ3v) is 4.52. The summed E-state index contributed by atoms with van der Waals surface area (Å²) in [7, 11) is 0. The van der Waals surface area contributed by atoms with Gasteiger partial charge in [0.15, 0.2) is 0 Å².